The van der Waals surface area contributed by atoms with Crippen LogP contribution in [0.4, 0.5) is 0 Å². The van der Waals surface area contributed by atoms with Crippen LogP contribution in [0.5, 0.6) is 0 Å². The van der Waals surface area contributed by atoms with Crippen LogP contribution in [-0.4, -0.2) is 16.5 Å². The number of nitrogens with two attached hydrogens (primary N) is 1. The summed E-state index contributed by atoms with van der Waals surface area (Å²) in [5.74, 6) is 0.856. The average Bonchev–Trinajstić information content (AvgIpc) is 2.67. The van der Waals surface area contributed by atoms with Crippen LogP contribution < -0.4 is 5.73 Å². The molecule has 3 rings (SSSR count). The van der Waals surface area contributed by atoms with Crippen LogP contribution in [0, 0.1) is 0 Å². The van der Waals surface area contributed by atoms with Gasteiger partial charge in [0.05, 0.1) is 5.69 Å². The summed E-state index contributed by atoms with van der Waals surface area (Å²) in [5.41, 5.74) is 10.4. The van der Waals surface area contributed by atoms with Gasteiger partial charge in [-0.25, -0.2) is 9.97 Å². The highest BCUT2D eigenvalue weighted by molar-refractivity contribution is 5.74. The number of rotatable bonds is 2. The molecule has 0 atom stereocenters. The Morgan fingerprint density at radius 3 is 2.94 bits per heavy atom. The SMILES string of the molecule is NCCc1ncc2c(n1)Cc1ccccc1-2. The predicted molar refractivity (Wildman–Crippen MR) is 63.0 cm³/mol. The van der Waals surface area contributed by atoms with Crippen molar-refractivity contribution in [2.24, 2.45) is 5.73 Å². The molecule has 0 aliphatic heterocycles. The normalized spacial score (nSPS) is 12.3. The van der Waals surface area contributed by atoms with E-state index in [-0.39, 0.29) is 0 Å². The zero-order valence-electron chi connectivity index (χ0n) is 8.98. The molecule has 2 N–H and O–H groups in total. The lowest BCUT2D eigenvalue weighted by Crippen LogP contribution is -2.07. The van der Waals surface area contributed by atoms with Crippen molar-refractivity contribution in [3.05, 3.63) is 47.5 Å². The van der Waals surface area contributed by atoms with E-state index in [0.29, 0.717) is 6.54 Å². The van der Waals surface area contributed by atoms with E-state index in [1.807, 2.05) is 6.20 Å². The molecule has 0 spiro atoms. The maximum absolute atomic E-state index is 5.51. The van der Waals surface area contributed by atoms with E-state index in [4.69, 9.17) is 5.73 Å². The molecule has 0 amide bonds. The molecule has 1 aliphatic carbocycles. The first-order chi connectivity index (χ1) is 7.88. The van der Waals surface area contributed by atoms with E-state index in [0.717, 1.165) is 24.4 Å². The highest BCUT2D eigenvalue weighted by atomic mass is 14.9. The van der Waals surface area contributed by atoms with Gasteiger partial charge in [-0.3, -0.25) is 0 Å². The molecule has 2 aromatic rings. The predicted octanol–water partition coefficient (Wildman–Crippen LogP) is 1.55. The van der Waals surface area contributed by atoms with Crippen molar-refractivity contribution in [2.45, 2.75) is 12.8 Å². The van der Waals surface area contributed by atoms with Crippen LogP contribution in [-0.2, 0) is 12.8 Å². The Morgan fingerprint density at radius 1 is 1.19 bits per heavy atom. The molecule has 1 aromatic heterocycles. The zero-order chi connectivity index (χ0) is 11.0. The lowest BCUT2D eigenvalue weighted by Gasteiger charge is -2.01. The fraction of sp³-hybridized carbons (Fsp3) is 0.231. The Balaban J connectivity index is 2.07. The summed E-state index contributed by atoms with van der Waals surface area (Å²) in [6, 6.07) is 8.41. The van der Waals surface area contributed by atoms with Gasteiger partial charge in [0, 0.05) is 24.6 Å². The third kappa shape index (κ3) is 1.41. The van der Waals surface area contributed by atoms with Gasteiger partial charge >= 0.3 is 0 Å². The van der Waals surface area contributed by atoms with Gasteiger partial charge in [0.2, 0.25) is 0 Å². The van der Waals surface area contributed by atoms with Crippen LogP contribution in [0.15, 0.2) is 30.5 Å². The molecule has 1 aromatic carbocycles. The molecule has 0 unspecified atom stereocenters. The minimum absolute atomic E-state index is 0.603. The van der Waals surface area contributed by atoms with Crippen molar-refractivity contribution < 1.29 is 0 Å². The molecule has 0 saturated carbocycles. The first kappa shape index (κ1) is 9.48. The van der Waals surface area contributed by atoms with E-state index in [1.54, 1.807) is 0 Å². The lowest BCUT2D eigenvalue weighted by atomic mass is 10.1. The number of aromatic nitrogens is 2. The first-order valence-corrected chi connectivity index (χ1v) is 5.51. The third-order valence-electron chi connectivity index (χ3n) is 2.95. The second-order valence-corrected chi connectivity index (χ2v) is 4.02. The van der Waals surface area contributed by atoms with Gasteiger partial charge in [-0.2, -0.15) is 0 Å². The van der Waals surface area contributed by atoms with Gasteiger partial charge in [0.1, 0.15) is 5.82 Å². The fourth-order valence-electron chi connectivity index (χ4n) is 2.19. The Hall–Kier alpha value is -1.74. The topological polar surface area (TPSA) is 51.8 Å². The molecule has 80 valence electrons. The van der Waals surface area contributed by atoms with Crippen molar-refractivity contribution in [3.63, 3.8) is 0 Å². The quantitative estimate of drug-likeness (QED) is 0.699. The number of nitrogens with zero attached hydrogens (tertiary/aromatic N) is 2. The maximum Gasteiger partial charge on any atom is 0.129 e. The van der Waals surface area contributed by atoms with Crippen molar-refractivity contribution in [2.75, 3.05) is 6.54 Å². The van der Waals surface area contributed by atoms with Crippen LogP contribution >= 0.6 is 0 Å². The summed E-state index contributed by atoms with van der Waals surface area (Å²) >= 11 is 0. The molecular formula is C13H13N3. The van der Waals surface area contributed by atoms with E-state index in [9.17, 15) is 0 Å². The van der Waals surface area contributed by atoms with Gasteiger partial charge in [-0.1, -0.05) is 24.3 Å². The third-order valence-corrected chi connectivity index (χ3v) is 2.95. The highest BCUT2D eigenvalue weighted by Crippen LogP contribution is 2.34. The van der Waals surface area contributed by atoms with Gasteiger partial charge in [-0.15, -0.1) is 0 Å². The molecule has 3 heteroatoms. The molecule has 0 fully saturated rings. The Labute approximate surface area is 94.4 Å². The monoisotopic (exact) mass is 211 g/mol. The van der Waals surface area contributed by atoms with Gasteiger partial charge in [0.25, 0.3) is 0 Å². The summed E-state index contributed by atoms with van der Waals surface area (Å²) in [6.07, 6.45) is 3.61. The molecule has 0 radical (unpaired) electrons. The first-order valence-electron chi connectivity index (χ1n) is 5.51. The zero-order valence-corrected chi connectivity index (χ0v) is 8.98. The Bertz CT molecular complexity index is 534. The molecule has 3 nitrogen and oxygen atoms in total. The molecular weight excluding hydrogens is 198 g/mol. The summed E-state index contributed by atoms with van der Waals surface area (Å²) in [5, 5.41) is 0. The molecule has 0 saturated heterocycles. The van der Waals surface area contributed by atoms with E-state index >= 15 is 0 Å². The largest absolute Gasteiger partial charge is 0.330 e. The molecule has 1 heterocycles. The van der Waals surface area contributed by atoms with Crippen molar-refractivity contribution in [3.8, 4) is 11.1 Å². The Kier molecular flexibility index (Phi) is 2.18. The van der Waals surface area contributed by atoms with E-state index in [1.165, 1.54) is 16.7 Å². The highest BCUT2D eigenvalue weighted by Gasteiger charge is 2.19. The summed E-state index contributed by atoms with van der Waals surface area (Å²) in [4.78, 5) is 8.91. The maximum atomic E-state index is 5.51. The Morgan fingerprint density at radius 2 is 2.06 bits per heavy atom. The van der Waals surface area contributed by atoms with Gasteiger partial charge in [0.15, 0.2) is 0 Å². The molecule has 0 bridgehead atoms. The van der Waals surface area contributed by atoms with Crippen molar-refractivity contribution in [1.82, 2.24) is 9.97 Å². The van der Waals surface area contributed by atoms with Crippen LogP contribution in [0.3, 0.4) is 0 Å². The standard InChI is InChI=1S/C13H13N3/c14-6-5-13-15-8-11-10-4-2-1-3-9(10)7-12(11)16-13/h1-4,8H,5-7,14H2. The average molecular weight is 211 g/mol. The summed E-state index contributed by atoms with van der Waals surface area (Å²) < 4.78 is 0. The number of benzene rings is 1. The fourth-order valence-corrected chi connectivity index (χ4v) is 2.19. The second-order valence-electron chi connectivity index (χ2n) is 4.02. The van der Waals surface area contributed by atoms with Crippen molar-refractivity contribution >= 4 is 0 Å². The minimum Gasteiger partial charge on any atom is -0.330 e. The van der Waals surface area contributed by atoms with Gasteiger partial charge < -0.3 is 5.73 Å². The number of hydrogen-bond acceptors (Lipinski definition) is 3. The van der Waals surface area contributed by atoms with Crippen LogP contribution in [0.1, 0.15) is 17.1 Å². The summed E-state index contributed by atoms with van der Waals surface area (Å²) in [6.45, 7) is 0.603. The minimum atomic E-state index is 0.603. The second kappa shape index (κ2) is 3.68. The van der Waals surface area contributed by atoms with E-state index in [2.05, 4.69) is 34.2 Å². The number of hydrogen-bond donors (Lipinski definition) is 1. The van der Waals surface area contributed by atoms with E-state index < -0.39 is 0 Å². The molecule has 1 aliphatic rings. The van der Waals surface area contributed by atoms with Gasteiger partial charge in [-0.05, 0) is 17.7 Å². The van der Waals surface area contributed by atoms with Crippen molar-refractivity contribution in [1.29, 1.82) is 0 Å². The smallest absolute Gasteiger partial charge is 0.129 e. The van der Waals surface area contributed by atoms with Crippen LogP contribution in [0.2, 0.25) is 0 Å². The number of fused-ring (bicyclic) bond motifs is 3. The van der Waals surface area contributed by atoms with Crippen LogP contribution in [0.25, 0.3) is 11.1 Å². The lowest BCUT2D eigenvalue weighted by molar-refractivity contribution is 0.852. The molecule has 16 heavy (non-hydrogen) atoms. The summed E-state index contributed by atoms with van der Waals surface area (Å²) in [7, 11) is 0.